The van der Waals surface area contributed by atoms with Gasteiger partial charge < -0.3 is 19.9 Å². The molecule has 0 aliphatic carbocycles. The highest BCUT2D eigenvalue weighted by molar-refractivity contribution is 9.10. The van der Waals surface area contributed by atoms with E-state index in [1.54, 1.807) is 0 Å². The fourth-order valence-corrected chi connectivity index (χ4v) is 1.91. The largest absolute Gasteiger partial charge is 0.491 e. The normalized spacial score (nSPS) is 11.7. The first-order valence-corrected chi connectivity index (χ1v) is 7.56. The fraction of sp³-hybridized carbons (Fsp3) is 0.600. The van der Waals surface area contributed by atoms with Crippen molar-refractivity contribution in [1.82, 2.24) is 5.32 Å². The molecule has 5 heteroatoms. The Morgan fingerprint density at radius 2 is 1.95 bits per heavy atom. The van der Waals surface area contributed by atoms with Crippen LogP contribution in [0.5, 0.6) is 5.75 Å². The first kappa shape index (κ1) is 17.4. The first-order valence-electron chi connectivity index (χ1n) is 6.77. The third kappa shape index (κ3) is 7.24. The molecule has 0 saturated heterocycles. The van der Waals surface area contributed by atoms with Crippen LogP contribution in [0.3, 0.4) is 0 Å². The monoisotopic (exact) mass is 345 g/mol. The predicted octanol–water partition coefficient (Wildman–Crippen LogP) is 2.72. The number of hydrogen-bond acceptors (Lipinski definition) is 4. The number of hydrogen-bond donors (Lipinski definition) is 2. The summed E-state index contributed by atoms with van der Waals surface area (Å²) in [4.78, 5) is 0. The van der Waals surface area contributed by atoms with Crippen LogP contribution < -0.4 is 10.1 Å². The minimum Gasteiger partial charge on any atom is -0.491 e. The Hall–Kier alpha value is -0.620. The Kier molecular flexibility index (Phi) is 7.51. The average molecular weight is 346 g/mol. The van der Waals surface area contributed by atoms with Gasteiger partial charge in [-0.05, 0) is 44.5 Å². The van der Waals surface area contributed by atoms with Gasteiger partial charge in [0, 0.05) is 16.6 Å². The van der Waals surface area contributed by atoms with Gasteiger partial charge in [-0.2, -0.15) is 0 Å². The molecule has 114 valence electrons. The second kappa shape index (κ2) is 8.62. The Balaban J connectivity index is 2.48. The molecule has 0 unspecified atom stereocenters. The van der Waals surface area contributed by atoms with Gasteiger partial charge in [0.05, 0.1) is 19.8 Å². The highest BCUT2D eigenvalue weighted by Crippen LogP contribution is 2.23. The number of nitrogens with one attached hydrogen (secondary N) is 1. The Bertz CT molecular complexity index is 405. The van der Waals surface area contributed by atoms with E-state index in [0.29, 0.717) is 19.8 Å². The number of benzene rings is 1. The molecule has 0 heterocycles. The van der Waals surface area contributed by atoms with Gasteiger partial charge in [0.1, 0.15) is 12.4 Å². The molecule has 0 radical (unpaired) electrons. The van der Waals surface area contributed by atoms with Gasteiger partial charge in [-0.15, -0.1) is 0 Å². The van der Waals surface area contributed by atoms with E-state index in [2.05, 4.69) is 42.0 Å². The van der Waals surface area contributed by atoms with Crippen LogP contribution in [0.25, 0.3) is 0 Å². The van der Waals surface area contributed by atoms with E-state index < -0.39 is 0 Å². The summed E-state index contributed by atoms with van der Waals surface area (Å²) in [5.41, 5.74) is 1.24. The number of rotatable bonds is 8. The van der Waals surface area contributed by atoms with Crippen molar-refractivity contribution < 1.29 is 14.6 Å². The van der Waals surface area contributed by atoms with Crippen LogP contribution in [0.15, 0.2) is 22.7 Å². The van der Waals surface area contributed by atoms with E-state index in [0.717, 1.165) is 22.3 Å². The molecule has 4 nitrogen and oxygen atoms in total. The Morgan fingerprint density at radius 1 is 1.20 bits per heavy atom. The summed E-state index contributed by atoms with van der Waals surface area (Å²) in [6.07, 6.45) is 0. The van der Waals surface area contributed by atoms with Crippen LogP contribution in [-0.4, -0.2) is 37.1 Å². The highest BCUT2D eigenvalue weighted by atomic mass is 79.9. The molecule has 1 rings (SSSR count). The quantitative estimate of drug-likeness (QED) is 0.711. The molecule has 1 aromatic carbocycles. The molecule has 0 aromatic heterocycles. The van der Waals surface area contributed by atoms with Crippen molar-refractivity contribution in [1.29, 1.82) is 0 Å². The van der Waals surface area contributed by atoms with E-state index in [-0.39, 0.29) is 12.1 Å². The summed E-state index contributed by atoms with van der Waals surface area (Å²) in [5.74, 6) is 0.825. The van der Waals surface area contributed by atoms with Crippen LogP contribution >= 0.6 is 15.9 Å². The van der Waals surface area contributed by atoms with Crippen LogP contribution in [0.1, 0.15) is 26.3 Å². The highest BCUT2D eigenvalue weighted by Gasteiger charge is 2.10. The minimum absolute atomic E-state index is 0.0426. The molecule has 0 fully saturated rings. The van der Waals surface area contributed by atoms with Crippen molar-refractivity contribution in [2.24, 2.45) is 0 Å². The van der Waals surface area contributed by atoms with Gasteiger partial charge >= 0.3 is 0 Å². The molecule has 20 heavy (non-hydrogen) atoms. The van der Waals surface area contributed by atoms with Crippen molar-refractivity contribution in [2.45, 2.75) is 32.9 Å². The standard InChI is InChI=1S/C15H24BrNO3/c1-15(2,3)17-11-12-10-13(4-5-14(12)16)20-9-8-19-7-6-18/h4-5,10,17-18H,6-9,11H2,1-3H3. The summed E-state index contributed by atoms with van der Waals surface area (Å²) in [6.45, 7) is 8.55. The van der Waals surface area contributed by atoms with Gasteiger partial charge in [0.25, 0.3) is 0 Å². The maximum Gasteiger partial charge on any atom is 0.119 e. The van der Waals surface area contributed by atoms with Crippen LogP contribution in [0.4, 0.5) is 0 Å². The summed E-state index contributed by atoms with van der Waals surface area (Å²) in [6, 6.07) is 5.94. The van der Waals surface area contributed by atoms with Crippen molar-refractivity contribution >= 4 is 15.9 Å². The molecule has 2 N–H and O–H groups in total. The van der Waals surface area contributed by atoms with Crippen molar-refractivity contribution in [3.63, 3.8) is 0 Å². The van der Waals surface area contributed by atoms with E-state index in [4.69, 9.17) is 14.6 Å². The summed E-state index contributed by atoms with van der Waals surface area (Å²) >= 11 is 3.55. The SMILES string of the molecule is CC(C)(C)NCc1cc(OCCOCCO)ccc1Br. The first-order chi connectivity index (χ1) is 9.42. The molecule has 0 aliphatic heterocycles. The minimum atomic E-state index is 0.0426. The second-order valence-electron chi connectivity index (χ2n) is 5.54. The lowest BCUT2D eigenvalue weighted by molar-refractivity contribution is 0.0705. The Labute approximate surface area is 129 Å². The lowest BCUT2D eigenvalue weighted by Gasteiger charge is -2.21. The van der Waals surface area contributed by atoms with Crippen LogP contribution in [0, 0.1) is 0 Å². The third-order valence-corrected chi connectivity index (χ3v) is 3.33. The van der Waals surface area contributed by atoms with Gasteiger partial charge in [0.15, 0.2) is 0 Å². The van der Waals surface area contributed by atoms with E-state index in [1.807, 2.05) is 18.2 Å². The second-order valence-corrected chi connectivity index (χ2v) is 6.40. The number of aliphatic hydroxyl groups is 1. The lowest BCUT2D eigenvalue weighted by Crippen LogP contribution is -2.35. The van der Waals surface area contributed by atoms with Gasteiger partial charge in [-0.1, -0.05) is 15.9 Å². The molecular weight excluding hydrogens is 322 g/mol. The molecule has 0 spiro atoms. The molecule has 0 saturated carbocycles. The average Bonchev–Trinajstić information content (AvgIpc) is 2.38. The van der Waals surface area contributed by atoms with Crippen LogP contribution in [0.2, 0.25) is 0 Å². The molecule has 0 aliphatic rings. The van der Waals surface area contributed by atoms with E-state index in [1.165, 1.54) is 0 Å². The Morgan fingerprint density at radius 3 is 2.60 bits per heavy atom. The van der Waals surface area contributed by atoms with E-state index in [9.17, 15) is 0 Å². The number of aliphatic hydroxyl groups excluding tert-OH is 1. The van der Waals surface area contributed by atoms with Crippen molar-refractivity contribution in [2.75, 3.05) is 26.4 Å². The smallest absolute Gasteiger partial charge is 0.119 e. The van der Waals surface area contributed by atoms with Crippen molar-refractivity contribution in [3.05, 3.63) is 28.2 Å². The summed E-state index contributed by atoms with van der Waals surface area (Å²) < 4.78 is 11.8. The summed E-state index contributed by atoms with van der Waals surface area (Å²) in [5, 5.41) is 12.0. The zero-order chi connectivity index (χ0) is 15.0. The maximum absolute atomic E-state index is 8.60. The molecular formula is C15H24BrNO3. The van der Waals surface area contributed by atoms with Crippen LogP contribution in [-0.2, 0) is 11.3 Å². The summed E-state index contributed by atoms with van der Waals surface area (Å²) in [7, 11) is 0. The van der Waals surface area contributed by atoms with Gasteiger partial charge in [-0.25, -0.2) is 0 Å². The molecule has 0 atom stereocenters. The lowest BCUT2D eigenvalue weighted by atomic mass is 10.1. The predicted molar refractivity (Wildman–Crippen MR) is 84.1 cm³/mol. The zero-order valence-electron chi connectivity index (χ0n) is 12.4. The topological polar surface area (TPSA) is 50.7 Å². The maximum atomic E-state index is 8.60. The fourth-order valence-electron chi connectivity index (χ4n) is 1.52. The van der Waals surface area contributed by atoms with Gasteiger partial charge in [0.2, 0.25) is 0 Å². The number of halogens is 1. The molecule has 0 bridgehead atoms. The molecule has 0 amide bonds. The molecule has 1 aromatic rings. The number of ether oxygens (including phenoxy) is 2. The van der Waals surface area contributed by atoms with Crippen molar-refractivity contribution in [3.8, 4) is 5.75 Å². The zero-order valence-corrected chi connectivity index (χ0v) is 14.0. The van der Waals surface area contributed by atoms with E-state index >= 15 is 0 Å². The third-order valence-electron chi connectivity index (χ3n) is 2.56. The van der Waals surface area contributed by atoms with Gasteiger partial charge in [-0.3, -0.25) is 0 Å².